The molecule has 1 aromatic carbocycles. The number of ether oxygens (including phenoxy) is 1. The van der Waals surface area contributed by atoms with Gasteiger partial charge in [-0.05, 0) is 37.0 Å². The fourth-order valence-electron chi connectivity index (χ4n) is 1.39. The zero-order valence-corrected chi connectivity index (χ0v) is 8.55. The molecule has 88 valence electrons. The monoisotopic (exact) mass is 231 g/mol. The first kappa shape index (κ1) is 11.1. The summed E-state index contributed by atoms with van der Waals surface area (Å²) in [6.07, 6.45) is -2.35. The highest BCUT2D eigenvalue weighted by molar-refractivity contribution is 5.49. The molecule has 0 aliphatic heterocycles. The van der Waals surface area contributed by atoms with Crippen molar-refractivity contribution < 1.29 is 17.9 Å². The summed E-state index contributed by atoms with van der Waals surface area (Å²) in [5.41, 5.74) is 4.63. The highest BCUT2D eigenvalue weighted by Crippen LogP contribution is 2.38. The quantitative estimate of drug-likeness (QED) is 0.811. The van der Waals surface area contributed by atoms with Crippen molar-refractivity contribution in [3.63, 3.8) is 0 Å². The van der Waals surface area contributed by atoms with Crippen LogP contribution in [0.25, 0.3) is 0 Å². The fourth-order valence-corrected chi connectivity index (χ4v) is 1.39. The predicted octanol–water partition coefficient (Wildman–Crippen LogP) is 3.08. The van der Waals surface area contributed by atoms with Crippen molar-refractivity contribution in [3.8, 4) is 5.75 Å². The van der Waals surface area contributed by atoms with Gasteiger partial charge < -0.3 is 10.5 Å². The van der Waals surface area contributed by atoms with Crippen LogP contribution in [-0.2, 0) is 6.18 Å². The van der Waals surface area contributed by atoms with E-state index in [2.05, 4.69) is 0 Å². The van der Waals surface area contributed by atoms with Gasteiger partial charge in [0.25, 0.3) is 0 Å². The number of anilines is 1. The van der Waals surface area contributed by atoms with Crippen LogP contribution in [0, 0.1) is 5.92 Å². The largest absolute Gasteiger partial charge is 0.493 e. The van der Waals surface area contributed by atoms with E-state index in [-0.39, 0.29) is 11.4 Å². The van der Waals surface area contributed by atoms with Crippen LogP contribution < -0.4 is 10.5 Å². The molecule has 1 fully saturated rings. The summed E-state index contributed by atoms with van der Waals surface area (Å²) in [6.45, 7) is 0.354. The van der Waals surface area contributed by atoms with E-state index < -0.39 is 11.7 Å². The van der Waals surface area contributed by atoms with Crippen LogP contribution in [0.2, 0.25) is 0 Å². The lowest BCUT2D eigenvalue weighted by Crippen LogP contribution is -2.10. The van der Waals surface area contributed by atoms with E-state index in [9.17, 15) is 13.2 Å². The number of nitrogens with two attached hydrogens (primary N) is 1. The molecule has 5 heteroatoms. The molecule has 1 saturated carbocycles. The Bertz CT molecular complexity index is 385. The van der Waals surface area contributed by atoms with Gasteiger partial charge in [0.2, 0.25) is 0 Å². The molecule has 0 heterocycles. The van der Waals surface area contributed by atoms with E-state index in [1.54, 1.807) is 0 Å². The second kappa shape index (κ2) is 3.88. The van der Waals surface area contributed by atoms with Crippen LogP contribution in [0.15, 0.2) is 18.2 Å². The van der Waals surface area contributed by atoms with Gasteiger partial charge in [-0.15, -0.1) is 0 Å². The Morgan fingerprint density at radius 3 is 2.56 bits per heavy atom. The lowest BCUT2D eigenvalue weighted by molar-refractivity contribution is -0.138. The summed E-state index contributed by atoms with van der Waals surface area (Å²) in [4.78, 5) is 0. The standard InChI is InChI=1S/C11H12F3NO/c12-11(13,14)9-5-8(15)3-4-10(9)16-6-7-1-2-7/h3-5,7H,1-2,6,15H2. The van der Waals surface area contributed by atoms with Crippen LogP contribution in [0.4, 0.5) is 18.9 Å². The Balaban J connectivity index is 2.20. The maximum atomic E-state index is 12.6. The minimum absolute atomic E-state index is 0.0890. The van der Waals surface area contributed by atoms with Gasteiger partial charge in [-0.1, -0.05) is 0 Å². The molecule has 1 aliphatic carbocycles. The van der Waals surface area contributed by atoms with Gasteiger partial charge in [0.05, 0.1) is 12.2 Å². The smallest absolute Gasteiger partial charge is 0.420 e. The van der Waals surface area contributed by atoms with Crippen molar-refractivity contribution in [2.24, 2.45) is 5.92 Å². The molecule has 1 aromatic rings. The first-order valence-corrected chi connectivity index (χ1v) is 5.06. The number of hydrogen-bond acceptors (Lipinski definition) is 2. The summed E-state index contributed by atoms with van der Waals surface area (Å²) in [6, 6.07) is 3.60. The van der Waals surface area contributed by atoms with Gasteiger partial charge in [-0.25, -0.2) is 0 Å². The molecule has 0 amide bonds. The van der Waals surface area contributed by atoms with Crippen molar-refractivity contribution in [3.05, 3.63) is 23.8 Å². The number of alkyl halides is 3. The SMILES string of the molecule is Nc1ccc(OCC2CC2)c(C(F)(F)F)c1. The van der Waals surface area contributed by atoms with E-state index in [0.29, 0.717) is 12.5 Å². The minimum atomic E-state index is -4.42. The number of nitrogen functional groups attached to an aromatic ring is 1. The molecule has 0 aromatic heterocycles. The van der Waals surface area contributed by atoms with E-state index >= 15 is 0 Å². The van der Waals surface area contributed by atoms with E-state index in [1.165, 1.54) is 12.1 Å². The highest BCUT2D eigenvalue weighted by Gasteiger charge is 2.35. The molecule has 0 spiro atoms. The lowest BCUT2D eigenvalue weighted by atomic mass is 10.1. The van der Waals surface area contributed by atoms with Crippen LogP contribution in [0.5, 0.6) is 5.75 Å². The Labute approximate surface area is 91.2 Å². The Morgan fingerprint density at radius 1 is 1.31 bits per heavy atom. The summed E-state index contributed by atoms with van der Waals surface area (Å²) in [5.74, 6) is 0.284. The first-order valence-electron chi connectivity index (χ1n) is 5.06. The molecule has 2 rings (SSSR count). The molecular weight excluding hydrogens is 219 g/mol. The van der Waals surface area contributed by atoms with E-state index in [0.717, 1.165) is 18.9 Å². The zero-order chi connectivity index (χ0) is 11.8. The second-order valence-corrected chi connectivity index (χ2v) is 4.01. The number of rotatable bonds is 3. The van der Waals surface area contributed by atoms with Crippen LogP contribution in [0.1, 0.15) is 18.4 Å². The molecule has 0 bridgehead atoms. The third-order valence-corrected chi connectivity index (χ3v) is 2.48. The van der Waals surface area contributed by atoms with E-state index in [4.69, 9.17) is 10.5 Å². The third kappa shape index (κ3) is 2.59. The normalized spacial score (nSPS) is 16.2. The molecule has 0 atom stereocenters. The van der Waals surface area contributed by atoms with Crippen molar-refractivity contribution >= 4 is 5.69 Å². The number of benzene rings is 1. The average molecular weight is 231 g/mol. The average Bonchev–Trinajstić information content (AvgIpc) is 2.98. The molecule has 0 saturated heterocycles. The summed E-state index contributed by atoms with van der Waals surface area (Å²) < 4.78 is 43.1. The third-order valence-electron chi connectivity index (χ3n) is 2.48. The molecule has 16 heavy (non-hydrogen) atoms. The van der Waals surface area contributed by atoms with Crippen LogP contribution in [0.3, 0.4) is 0 Å². The van der Waals surface area contributed by atoms with Gasteiger partial charge >= 0.3 is 6.18 Å². The molecule has 2 N–H and O–H groups in total. The zero-order valence-electron chi connectivity index (χ0n) is 8.55. The lowest BCUT2D eigenvalue weighted by Gasteiger charge is -2.14. The van der Waals surface area contributed by atoms with Crippen LogP contribution in [-0.4, -0.2) is 6.61 Å². The molecular formula is C11H12F3NO. The molecule has 0 radical (unpaired) electrons. The van der Waals surface area contributed by atoms with Crippen molar-refractivity contribution in [1.82, 2.24) is 0 Å². The summed E-state index contributed by atoms with van der Waals surface area (Å²) in [7, 11) is 0. The van der Waals surface area contributed by atoms with E-state index in [1.807, 2.05) is 0 Å². The first-order chi connectivity index (χ1) is 7.47. The summed E-state index contributed by atoms with van der Waals surface area (Å²) >= 11 is 0. The Kier molecular flexibility index (Phi) is 2.69. The van der Waals surface area contributed by atoms with Crippen molar-refractivity contribution in [2.75, 3.05) is 12.3 Å². The maximum absolute atomic E-state index is 12.6. The van der Waals surface area contributed by atoms with Gasteiger partial charge in [-0.3, -0.25) is 0 Å². The van der Waals surface area contributed by atoms with Gasteiger partial charge in [0, 0.05) is 5.69 Å². The van der Waals surface area contributed by atoms with Gasteiger partial charge in [0.1, 0.15) is 5.75 Å². The minimum Gasteiger partial charge on any atom is -0.493 e. The maximum Gasteiger partial charge on any atom is 0.420 e. The Morgan fingerprint density at radius 2 is 2.00 bits per heavy atom. The fraction of sp³-hybridized carbons (Fsp3) is 0.455. The highest BCUT2D eigenvalue weighted by atomic mass is 19.4. The van der Waals surface area contributed by atoms with Gasteiger partial charge in [0.15, 0.2) is 0 Å². The second-order valence-electron chi connectivity index (χ2n) is 4.01. The number of hydrogen-bond donors (Lipinski definition) is 1. The molecule has 1 aliphatic rings. The summed E-state index contributed by atoms with van der Waals surface area (Å²) in [5, 5.41) is 0. The van der Waals surface area contributed by atoms with Crippen molar-refractivity contribution in [2.45, 2.75) is 19.0 Å². The topological polar surface area (TPSA) is 35.2 Å². The molecule has 2 nitrogen and oxygen atoms in total. The Hall–Kier alpha value is -1.39. The van der Waals surface area contributed by atoms with Crippen LogP contribution >= 0.6 is 0 Å². The number of halogens is 3. The molecule has 0 unspecified atom stereocenters. The predicted molar refractivity (Wildman–Crippen MR) is 54.1 cm³/mol. The van der Waals surface area contributed by atoms with Crippen molar-refractivity contribution in [1.29, 1.82) is 0 Å². The van der Waals surface area contributed by atoms with Gasteiger partial charge in [-0.2, -0.15) is 13.2 Å².